The number of halogens is 3. The molecule has 2 atom stereocenters. The second-order valence-corrected chi connectivity index (χ2v) is 6.01. The first-order valence-electron chi connectivity index (χ1n) is 7.63. The smallest absolute Gasteiger partial charge is 0.253 e. The maximum absolute atomic E-state index is 13.3. The quantitative estimate of drug-likeness (QED) is 0.849. The molecule has 2 unspecified atom stereocenters. The minimum absolute atomic E-state index is 0. The first-order valence-corrected chi connectivity index (χ1v) is 7.63. The molecule has 0 spiro atoms. The summed E-state index contributed by atoms with van der Waals surface area (Å²) in [6, 6.07) is 6.33. The maximum Gasteiger partial charge on any atom is 0.253 e. The molecule has 132 valence electrons. The van der Waals surface area contributed by atoms with Crippen molar-refractivity contribution in [1.82, 2.24) is 15.6 Å². The molecule has 7 heteroatoms. The number of nitrogens with one attached hydrogen (secondary N) is 2. The summed E-state index contributed by atoms with van der Waals surface area (Å²) in [5, 5.41) is 7.16. The first-order chi connectivity index (χ1) is 10.5. The Morgan fingerprint density at radius 2 is 2.08 bits per heavy atom. The number of carbonyl (C=O) groups excluding carboxylic acids is 1. The lowest BCUT2D eigenvalue weighted by Crippen LogP contribution is -2.50. The predicted molar refractivity (Wildman–Crippen MR) is 98.8 cm³/mol. The molecule has 2 heterocycles. The Hall–Kier alpha value is -1.43. The fourth-order valence-electron chi connectivity index (χ4n) is 2.90. The third kappa shape index (κ3) is 4.35. The van der Waals surface area contributed by atoms with Crippen molar-refractivity contribution in [3.63, 3.8) is 0 Å². The minimum atomic E-state index is -0.321. The molecule has 1 aromatic heterocycles. The molecule has 0 aliphatic carbocycles. The van der Waals surface area contributed by atoms with Crippen molar-refractivity contribution in [2.45, 2.75) is 26.3 Å². The SMILES string of the molecule is Cc1nc2cc(F)ccc2cc1C(=O)NC1CNCCC1C.Cl.Cl. The van der Waals surface area contributed by atoms with Gasteiger partial charge in [-0.25, -0.2) is 4.39 Å². The van der Waals surface area contributed by atoms with Gasteiger partial charge in [0.15, 0.2) is 0 Å². The van der Waals surface area contributed by atoms with Gasteiger partial charge in [-0.15, -0.1) is 24.8 Å². The van der Waals surface area contributed by atoms with Crippen molar-refractivity contribution >= 4 is 41.6 Å². The average Bonchev–Trinajstić information content (AvgIpc) is 2.48. The van der Waals surface area contributed by atoms with E-state index in [4.69, 9.17) is 0 Å². The number of pyridine rings is 1. The lowest BCUT2D eigenvalue weighted by molar-refractivity contribution is 0.0914. The van der Waals surface area contributed by atoms with Crippen LogP contribution in [0, 0.1) is 18.7 Å². The van der Waals surface area contributed by atoms with E-state index < -0.39 is 0 Å². The fraction of sp³-hybridized carbons (Fsp3) is 0.412. The molecule has 2 aromatic rings. The van der Waals surface area contributed by atoms with E-state index in [9.17, 15) is 9.18 Å². The van der Waals surface area contributed by atoms with Crippen LogP contribution in [0.25, 0.3) is 10.9 Å². The van der Waals surface area contributed by atoms with Crippen molar-refractivity contribution in [2.75, 3.05) is 13.1 Å². The molecule has 1 saturated heterocycles. The number of hydrogen-bond acceptors (Lipinski definition) is 3. The van der Waals surface area contributed by atoms with Crippen LogP contribution in [0.15, 0.2) is 24.3 Å². The molecule has 1 fully saturated rings. The summed E-state index contributed by atoms with van der Waals surface area (Å²) < 4.78 is 13.3. The summed E-state index contributed by atoms with van der Waals surface area (Å²) in [7, 11) is 0. The van der Waals surface area contributed by atoms with E-state index in [1.54, 1.807) is 19.1 Å². The van der Waals surface area contributed by atoms with Crippen molar-refractivity contribution in [3.05, 3.63) is 41.3 Å². The summed E-state index contributed by atoms with van der Waals surface area (Å²) in [5.74, 6) is 0.0171. The topological polar surface area (TPSA) is 54.0 Å². The van der Waals surface area contributed by atoms with Gasteiger partial charge in [-0.3, -0.25) is 9.78 Å². The zero-order valence-corrected chi connectivity index (χ0v) is 15.3. The molecular weight excluding hydrogens is 352 g/mol. The van der Waals surface area contributed by atoms with Gasteiger partial charge in [0.2, 0.25) is 0 Å². The van der Waals surface area contributed by atoms with Gasteiger partial charge in [-0.2, -0.15) is 0 Å². The number of fused-ring (bicyclic) bond motifs is 1. The lowest BCUT2D eigenvalue weighted by atomic mass is 9.94. The third-order valence-electron chi connectivity index (χ3n) is 4.36. The van der Waals surface area contributed by atoms with Crippen LogP contribution in [-0.2, 0) is 0 Å². The second-order valence-electron chi connectivity index (χ2n) is 6.01. The van der Waals surface area contributed by atoms with Crippen LogP contribution in [0.3, 0.4) is 0 Å². The van der Waals surface area contributed by atoms with Crippen LogP contribution in [0.2, 0.25) is 0 Å². The van der Waals surface area contributed by atoms with E-state index in [0.29, 0.717) is 22.7 Å². The van der Waals surface area contributed by atoms with Gasteiger partial charge in [0.1, 0.15) is 5.82 Å². The number of benzene rings is 1. The van der Waals surface area contributed by atoms with Crippen LogP contribution >= 0.6 is 24.8 Å². The molecule has 3 rings (SSSR count). The van der Waals surface area contributed by atoms with Crippen LogP contribution in [-0.4, -0.2) is 30.0 Å². The van der Waals surface area contributed by atoms with E-state index in [-0.39, 0.29) is 42.6 Å². The van der Waals surface area contributed by atoms with Gasteiger partial charge >= 0.3 is 0 Å². The van der Waals surface area contributed by atoms with Gasteiger partial charge in [0, 0.05) is 24.0 Å². The summed E-state index contributed by atoms with van der Waals surface area (Å²) >= 11 is 0. The molecule has 1 amide bonds. The molecule has 0 bridgehead atoms. The fourth-order valence-corrected chi connectivity index (χ4v) is 2.90. The molecular formula is C17H22Cl2FN3O. The predicted octanol–water partition coefficient (Wildman–Crippen LogP) is 3.25. The van der Waals surface area contributed by atoms with Crippen molar-refractivity contribution < 1.29 is 9.18 Å². The van der Waals surface area contributed by atoms with E-state index >= 15 is 0 Å². The van der Waals surface area contributed by atoms with Crippen LogP contribution in [0.4, 0.5) is 4.39 Å². The molecule has 1 aliphatic rings. The number of hydrogen-bond donors (Lipinski definition) is 2. The summed E-state index contributed by atoms with van der Waals surface area (Å²) in [6.07, 6.45) is 1.05. The Labute approximate surface area is 153 Å². The Kier molecular flexibility index (Phi) is 7.39. The van der Waals surface area contributed by atoms with Gasteiger partial charge in [-0.1, -0.05) is 6.92 Å². The Morgan fingerprint density at radius 3 is 2.79 bits per heavy atom. The van der Waals surface area contributed by atoms with Crippen molar-refractivity contribution in [3.8, 4) is 0 Å². The first kappa shape index (κ1) is 20.6. The number of piperidine rings is 1. The van der Waals surface area contributed by atoms with Crippen LogP contribution < -0.4 is 10.6 Å². The number of rotatable bonds is 2. The highest BCUT2D eigenvalue weighted by Gasteiger charge is 2.24. The molecule has 1 aliphatic heterocycles. The molecule has 0 radical (unpaired) electrons. The Bertz CT molecular complexity index is 726. The van der Waals surface area contributed by atoms with Crippen molar-refractivity contribution in [1.29, 1.82) is 0 Å². The lowest BCUT2D eigenvalue weighted by Gasteiger charge is -2.30. The number of aryl methyl sites for hydroxylation is 1. The second kappa shape index (κ2) is 8.60. The highest BCUT2D eigenvalue weighted by atomic mass is 35.5. The van der Waals surface area contributed by atoms with Crippen LogP contribution in [0.1, 0.15) is 29.4 Å². The zero-order valence-electron chi connectivity index (χ0n) is 13.6. The summed E-state index contributed by atoms with van der Waals surface area (Å²) in [6.45, 7) is 5.72. The molecule has 2 N–H and O–H groups in total. The Morgan fingerprint density at radius 1 is 1.33 bits per heavy atom. The van der Waals surface area contributed by atoms with Gasteiger partial charge in [-0.05, 0) is 44.0 Å². The maximum atomic E-state index is 13.3. The number of amides is 1. The number of nitrogens with zero attached hydrogens (tertiary/aromatic N) is 1. The summed E-state index contributed by atoms with van der Waals surface area (Å²) in [4.78, 5) is 16.9. The minimum Gasteiger partial charge on any atom is -0.348 e. The van der Waals surface area contributed by atoms with Gasteiger partial charge in [0.25, 0.3) is 5.91 Å². The van der Waals surface area contributed by atoms with Crippen molar-refractivity contribution in [2.24, 2.45) is 5.92 Å². The Balaban J connectivity index is 0.00000144. The standard InChI is InChI=1S/C17H20FN3O.2ClH/c1-10-5-6-19-9-16(10)21-17(22)14-7-12-3-4-13(18)8-15(12)20-11(14)2;;/h3-4,7-8,10,16,19H,5-6,9H2,1-2H3,(H,21,22);2*1H. The third-order valence-corrected chi connectivity index (χ3v) is 4.36. The van der Waals surface area contributed by atoms with E-state index in [1.807, 2.05) is 0 Å². The van der Waals surface area contributed by atoms with E-state index in [2.05, 4.69) is 22.5 Å². The normalized spacial score (nSPS) is 20.0. The molecule has 24 heavy (non-hydrogen) atoms. The zero-order chi connectivity index (χ0) is 15.7. The van der Waals surface area contributed by atoms with Gasteiger partial charge in [0.05, 0.1) is 16.8 Å². The molecule has 0 saturated carbocycles. The van der Waals surface area contributed by atoms with E-state index in [0.717, 1.165) is 24.9 Å². The average molecular weight is 374 g/mol. The van der Waals surface area contributed by atoms with Gasteiger partial charge < -0.3 is 10.6 Å². The van der Waals surface area contributed by atoms with Crippen LogP contribution in [0.5, 0.6) is 0 Å². The van der Waals surface area contributed by atoms with E-state index in [1.165, 1.54) is 12.1 Å². The monoisotopic (exact) mass is 373 g/mol. The highest BCUT2D eigenvalue weighted by Crippen LogP contribution is 2.19. The number of aromatic nitrogens is 1. The molecule has 4 nitrogen and oxygen atoms in total. The largest absolute Gasteiger partial charge is 0.348 e. The molecule has 1 aromatic carbocycles. The highest BCUT2D eigenvalue weighted by molar-refractivity contribution is 5.98. The number of carbonyl (C=O) groups is 1. The summed E-state index contributed by atoms with van der Waals surface area (Å²) in [5.41, 5.74) is 1.74.